The molecule has 0 radical (unpaired) electrons. The second kappa shape index (κ2) is 4.20. The van der Waals surface area contributed by atoms with Crippen LogP contribution in [0.1, 0.15) is 11.1 Å². The van der Waals surface area contributed by atoms with E-state index in [2.05, 4.69) is 6.07 Å². The lowest BCUT2D eigenvalue weighted by atomic mass is 10.1. The second-order valence-corrected chi connectivity index (χ2v) is 2.40. The van der Waals surface area contributed by atoms with Crippen LogP contribution in [0.15, 0.2) is 36.6 Å². The zero-order valence-electron chi connectivity index (χ0n) is 6.57. The van der Waals surface area contributed by atoms with Gasteiger partial charge in [-0.1, -0.05) is 12.1 Å². The molecule has 0 unspecified atom stereocenters. The lowest BCUT2D eigenvalue weighted by Gasteiger charge is -1.95. The van der Waals surface area contributed by atoms with E-state index in [1.54, 1.807) is 18.2 Å². The Morgan fingerprint density at radius 2 is 2.33 bits per heavy atom. The van der Waals surface area contributed by atoms with Crippen molar-refractivity contribution in [3.05, 3.63) is 47.7 Å². The zero-order valence-corrected chi connectivity index (χ0v) is 6.57. The number of nitriles is 1. The molecule has 1 N–H and O–H groups in total. The van der Waals surface area contributed by atoms with Crippen molar-refractivity contribution in [1.29, 1.82) is 5.26 Å². The highest BCUT2D eigenvalue weighted by atomic mass is 16.2. The van der Waals surface area contributed by atoms with Crippen molar-refractivity contribution < 1.29 is 5.11 Å². The number of aliphatic hydroxyl groups is 1. The fourth-order valence-corrected chi connectivity index (χ4v) is 0.957. The monoisotopic (exact) mass is 159 g/mol. The van der Waals surface area contributed by atoms with Gasteiger partial charge >= 0.3 is 0 Å². The van der Waals surface area contributed by atoms with Crippen LogP contribution in [0.5, 0.6) is 0 Å². The number of benzene rings is 1. The Morgan fingerprint density at radius 3 is 3.00 bits per heavy atom. The minimum Gasteiger partial charge on any atom is -0.516 e. The van der Waals surface area contributed by atoms with Crippen LogP contribution in [0.25, 0.3) is 0 Å². The molecule has 2 nitrogen and oxygen atoms in total. The van der Waals surface area contributed by atoms with Crippen LogP contribution in [-0.4, -0.2) is 5.11 Å². The minimum absolute atomic E-state index is 0.652. The Kier molecular flexibility index (Phi) is 2.92. The smallest absolute Gasteiger partial charge is 0.0991 e. The molecular weight excluding hydrogens is 150 g/mol. The second-order valence-electron chi connectivity index (χ2n) is 2.40. The van der Waals surface area contributed by atoms with E-state index < -0.39 is 0 Å². The van der Waals surface area contributed by atoms with E-state index in [4.69, 9.17) is 10.4 Å². The molecule has 60 valence electrons. The van der Waals surface area contributed by atoms with Gasteiger partial charge in [-0.25, -0.2) is 0 Å². The molecule has 0 aliphatic heterocycles. The van der Waals surface area contributed by atoms with Gasteiger partial charge in [-0.3, -0.25) is 0 Å². The molecule has 1 aromatic carbocycles. The summed E-state index contributed by atoms with van der Waals surface area (Å²) in [6.45, 7) is 0. The van der Waals surface area contributed by atoms with Crippen LogP contribution in [0, 0.1) is 11.3 Å². The average molecular weight is 159 g/mol. The van der Waals surface area contributed by atoms with Gasteiger partial charge in [0.15, 0.2) is 0 Å². The Labute approximate surface area is 71.4 Å². The molecule has 0 bridgehead atoms. The SMILES string of the molecule is N#Cc1cccc(CC=CO)c1. The molecule has 0 aliphatic rings. The topological polar surface area (TPSA) is 44.0 Å². The fraction of sp³-hybridized carbons (Fsp3) is 0.100. The lowest BCUT2D eigenvalue weighted by Crippen LogP contribution is -1.82. The van der Waals surface area contributed by atoms with Crippen molar-refractivity contribution in [2.24, 2.45) is 0 Å². The molecule has 0 spiro atoms. The molecule has 2 heteroatoms. The first-order valence-electron chi connectivity index (χ1n) is 3.65. The molecule has 0 heterocycles. The Morgan fingerprint density at radius 1 is 1.50 bits per heavy atom. The number of rotatable bonds is 2. The number of hydrogen-bond donors (Lipinski definition) is 1. The summed E-state index contributed by atoms with van der Waals surface area (Å²) in [4.78, 5) is 0. The van der Waals surface area contributed by atoms with Gasteiger partial charge in [-0.05, 0) is 30.2 Å². The van der Waals surface area contributed by atoms with Crippen LogP contribution < -0.4 is 0 Å². The molecule has 1 rings (SSSR count). The lowest BCUT2D eigenvalue weighted by molar-refractivity contribution is 0.471. The Hall–Kier alpha value is -1.75. The van der Waals surface area contributed by atoms with Gasteiger partial charge in [0, 0.05) is 0 Å². The highest BCUT2D eigenvalue weighted by Crippen LogP contribution is 2.04. The first kappa shape index (κ1) is 8.35. The standard InChI is InChI=1S/C10H9NO/c11-8-10-4-1-3-9(7-10)5-2-6-12/h1-4,6-7,12H,5H2. The number of nitrogens with zero attached hydrogens (tertiary/aromatic N) is 1. The van der Waals surface area contributed by atoms with E-state index in [-0.39, 0.29) is 0 Å². The molecule has 0 amide bonds. The minimum atomic E-state index is 0.652. The molecule has 0 aromatic heterocycles. The zero-order chi connectivity index (χ0) is 8.81. The van der Waals surface area contributed by atoms with Crippen molar-refractivity contribution in [1.82, 2.24) is 0 Å². The first-order chi connectivity index (χ1) is 5.86. The van der Waals surface area contributed by atoms with E-state index in [9.17, 15) is 0 Å². The van der Waals surface area contributed by atoms with Gasteiger partial charge in [0.05, 0.1) is 17.9 Å². The van der Waals surface area contributed by atoms with Crippen LogP contribution in [0.4, 0.5) is 0 Å². The van der Waals surface area contributed by atoms with E-state index in [1.807, 2.05) is 12.1 Å². The maximum absolute atomic E-state index is 8.57. The average Bonchev–Trinajstić information content (AvgIpc) is 2.15. The molecule has 0 saturated carbocycles. The summed E-state index contributed by atoms with van der Waals surface area (Å²) in [5, 5.41) is 17.0. The third-order valence-corrected chi connectivity index (χ3v) is 1.52. The van der Waals surface area contributed by atoms with Crippen LogP contribution in [-0.2, 0) is 6.42 Å². The quantitative estimate of drug-likeness (QED) is 0.672. The van der Waals surface area contributed by atoms with Crippen molar-refractivity contribution in [3.8, 4) is 6.07 Å². The van der Waals surface area contributed by atoms with Gasteiger partial charge in [0.25, 0.3) is 0 Å². The van der Waals surface area contributed by atoms with Gasteiger partial charge in [-0.2, -0.15) is 5.26 Å². The predicted molar refractivity (Wildman–Crippen MR) is 46.6 cm³/mol. The summed E-state index contributed by atoms with van der Waals surface area (Å²) >= 11 is 0. The molecule has 0 aliphatic carbocycles. The highest BCUT2D eigenvalue weighted by molar-refractivity contribution is 5.33. The molecule has 0 fully saturated rings. The van der Waals surface area contributed by atoms with E-state index in [0.29, 0.717) is 12.0 Å². The van der Waals surface area contributed by atoms with E-state index in [0.717, 1.165) is 11.8 Å². The molecule has 0 saturated heterocycles. The van der Waals surface area contributed by atoms with Gasteiger partial charge in [0.1, 0.15) is 0 Å². The van der Waals surface area contributed by atoms with Crippen LogP contribution >= 0.6 is 0 Å². The van der Waals surface area contributed by atoms with Crippen LogP contribution in [0.2, 0.25) is 0 Å². The number of aliphatic hydroxyl groups excluding tert-OH is 1. The first-order valence-corrected chi connectivity index (χ1v) is 3.65. The number of hydrogen-bond acceptors (Lipinski definition) is 2. The Balaban J connectivity index is 2.81. The highest BCUT2D eigenvalue weighted by Gasteiger charge is 1.91. The summed E-state index contributed by atoms with van der Waals surface area (Å²) in [5.74, 6) is 0. The summed E-state index contributed by atoms with van der Waals surface area (Å²) in [6.07, 6.45) is 3.31. The molecule has 12 heavy (non-hydrogen) atoms. The summed E-state index contributed by atoms with van der Waals surface area (Å²) < 4.78 is 0. The summed E-state index contributed by atoms with van der Waals surface area (Å²) in [7, 11) is 0. The fourth-order valence-electron chi connectivity index (χ4n) is 0.957. The maximum atomic E-state index is 8.57. The van der Waals surface area contributed by atoms with E-state index in [1.165, 1.54) is 0 Å². The molecule has 1 aromatic rings. The number of allylic oxidation sites excluding steroid dienone is 1. The van der Waals surface area contributed by atoms with Crippen molar-refractivity contribution >= 4 is 0 Å². The van der Waals surface area contributed by atoms with Crippen LogP contribution in [0.3, 0.4) is 0 Å². The third kappa shape index (κ3) is 2.14. The van der Waals surface area contributed by atoms with E-state index >= 15 is 0 Å². The Bertz CT molecular complexity index is 323. The third-order valence-electron chi connectivity index (χ3n) is 1.52. The molecule has 0 atom stereocenters. The maximum Gasteiger partial charge on any atom is 0.0991 e. The van der Waals surface area contributed by atoms with Gasteiger partial charge < -0.3 is 5.11 Å². The van der Waals surface area contributed by atoms with Crippen molar-refractivity contribution in [3.63, 3.8) is 0 Å². The summed E-state index contributed by atoms with van der Waals surface area (Å²) in [6, 6.07) is 9.37. The summed E-state index contributed by atoms with van der Waals surface area (Å²) in [5.41, 5.74) is 1.68. The van der Waals surface area contributed by atoms with Crippen molar-refractivity contribution in [2.45, 2.75) is 6.42 Å². The largest absolute Gasteiger partial charge is 0.516 e. The predicted octanol–water partition coefficient (Wildman–Crippen LogP) is 2.17. The normalized spacial score (nSPS) is 9.92. The van der Waals surface area contributed by atoms with Crippen molar-refractivity contribution in [2.75, 3.05) is 0 Å². The van der Waals surface area contributed by atoms with Gasteiger partial charge in [-0.15, -0.1) is 0 Å². The van der Waals surface area contributed by atoms with Gasteiger partial charge in [0.2, 0.25) is 0 Å². The molecular formula is C10H9NO.